The number of benzene rings is 1. The van der Waals surface area contributed by atoms with Crippen LogP contribution in [0.4, 0.5) is 5.95 Å². The number of anilines is 1. The summed E-state index contributed by atoms with van der Waals surface area (Å²) in [6.45, 7) is 8.77. The summed E-state index contributed by atoms with van der Waals surface area (Å²) in [7, 11) is 0. The molecule has 22 heavy (non-hydrogen) atoms. The Morgan fingerprint density at radius 1 is 1.09 bits per heavy atom. The number of ether oxygens (including phenoxy) is 1. The molecule has 1 aliphatic heterocycles. The fourth-order valence-corrected chi connectivity index (χ4v) is 2.86. The van der Waals surface area contributed by atoms with Crippen molar-refractivity contribution in [3.05, 3.63) is 46.8 Å². The van der Waals surface area contributed by atoms with E-state index in [2.05, 4.69) is 40.0 Å². The Morgan fingerprint density at radius 2 is 1.86 bits per heavy atom. The molecule has 0 saturated carbocycles. The molecule has 116 valence electrons. The molecule has 0 radical (unpaired) electrons. The Labute approximate surface area is 132 Å². The third kappa shape index (κ3) is 3.21. The highest BCUT2D eigenvalue weighted by Gasteiger charge is 2.19. The van der Waals surface area contributed by atoms with Crippen LogP contribution < -0.4 is 9.64 Å². The van der Waals surface area contributed by atoms with E-state index in [0.29, 0.717) is 0 Å². The third-order valence-corrected chi connectivity index (χ3v) is 3.92. The standard InChI is InChI=1S/C18H23N3O/c1-4-9-22-17-6-5-16-12-21(8-7-15(16)11-17)18-19-13(2)10-14(3)20-18/h5-6,10-11H,4,7-9,12H2,1-3H3. The summed E-state index contributed by atoms with van der Waals surface area (Å²) in [4.78, 5) is 11.4. The van der Waals surface area contributed by atoms with Gasteiger partial charge in [-0.1, -0.05) is 13.0 Å². The van der Waals surface area contributed by atoms with Crippen LogP contribution in [0.3, 0.4) is 0 Å². The Hall–Kier alpha value is -2.10. The highest BCUT2D eigenvalue weighted by molar-refractivity contribution is 5.43. The van der Waals surface area contributed by atoms with Gasteiger partial charge >= 0.3 is 0 Å². The first-order valence-corrected chi connectivity index (χ1v) is 7.97. The van der Waals surface area contributed by atoms with Gasteiger partial charge in [-0.05, 0) is 56.0 Å². The van der Waals surface area contributed by atoms with Crippen molar-refractivity contribution in [2.75, 3.05) is 18.1 Å². The van der Waals surface area contributed by atoms with Gasteiger partial charge in [0.05, 0.1) is 6.61 Å². The minimum absolute atomic E-state index is 0.779. The Morgan fingerprint density at radius 3 is 2.59 bits per heavy atom. The quantitative estimate of drug-likeness (QED) is 0.866. The van der Waals surface area contributed by atoms with E-state index in [1.807, 2.05) is 19.9 Å². The molecule has 1 aromatic carbocycles. The molecule has 4 heteroatoms. The molecule has 0 N–H and O–H groups in total. The lowest BCUT2D eigenvalue weighted by Gasteiger charge is -2.29. The zero-order valence-corrected chi connectivity index (χ0v) is 13.6. The Bertz CT molecular complexity index is 649. The molecule has 1 aliphatic rings. The second-order valence-electron chi connectivity index (χ2n) is 5.90. The first-order valence-electron chi connectivity index (χ1n) is 7.97. The SMILES string of the molecule is CCCOc1ccc2c(c1)CCN(c1nc(C)cc(C)n1)C2. The number of hydrogen-bond donors (Lipinski definition) is 0. The summed E-state index contributed by atoms with van der Waals surface area (Å²) in [5.41, 5.74) is 4.78. The van der Waals surface area contributed by atoms with Crippen molar-refractivity contribution in [2.24, 2.45) is 0 Å². The molecule has 0 spiro atoms. The van der Waals surface area contributed by atoms with Crippen LogP contribution in [0.5, 0.6) is 5.75 Å². The molecule has 3 rings (SSSR count). The molecule has 4 nitrogen and oxygen atoms in total. The van der Waals surface area contributed by atoms with Gasteiger partial charge in [-0.25, -0.2) is 9.97 Å². The number of rotatable bonds is 4. The van der Waals surface area contributed by atoms with Crippen LogP contribution in [-0.2, 0) is 13.0 Å². The van der Waals surface area contributed by atoms with E-state index in [0.717, 1.165) is 55.6 Å². The van der Waals surface area contributed by atoms with Crippen LogP contribution in [-0.4, -0.2) is 23.1 Å². The fraction of sp³-hybridized carbons (Fsp3) is 0.444. The monoisotopic (exact) mass is 297 g/mol. The molecule has 0 atom stereocenters. The molecule has 0 bridgehead atoms. The summed E-state index contributed by atoms with van der Waals surface area (Å²) < 4.78 is 5.73. The molecule has 0 fully saturated rings. The normalized spacial score (nSPS) is 13.9. The topological polar surface area (TPSA) is 38.2 Å². The van der Waals surface area contributed by atoms with E-state index in [1.165, 1.54) is 11.1 Å². The number of fused-ring (bicyclic) bond motifs is 1. The minimum Gasteiger partial charge on any atom is -0.494 e. The summed E-state index contributed by atoms with van der Waals surface area (Å²) in [5, 5.41) is 0. The lowest BCUT2D eigenvalue weighted by molar-refractivity contribution is 0.317. The highest BCUT2D eigenvalue weighted by Crippen LogP contribution is 2.26. The zero-order chi connectivity index (χ0) is 15.5. The molecule has 0 amide bonds. The summed E-state index contributed by atoms with van der Waals surface area (Å²) >= 11 is 0. The van der Waals surface area contributed by atoms with Gasteiger partial charge in [0.25, 0.3) is 0 Å². The first kappa shape index (κ1) is 14.8. The van der Waals surface area contributed by atoms with Crippen LogP contribution in [0.2, 0.25) is 0 Å². The smallest absolute Gasteiger partial charge is 0.226 e. The van der Waals surface area contributed by atoms with Crippen molar-refractivity contribution in [2.45, 2.75) is 40.2 Å². The second kappa shape index (κ2) is 6.34. The van der Waals surface area contributed by atoms with Crippen molar-refractivity contribution in [3.8, 4) is 5.75 Å². The number of aryl methyl sites for hydroxylation is 2. The molecule has 0 aliphatic carbocycles. The van der Waals surface area contributed by atoms with Gasteiger partial charge in [0.15, 0.2) is 0 Å². The minimum atomic E-state index is 0.779. The molecule has 0 unspecified atom stereocenters. The fourth-order valence-electron chi connectivity index (χ4n) is 2.86. The van der Waals surface area contributed by atoms with Crippen molar-refractivity contribution in [3.63, 3.8) is 0 Å². The molecule has 2 aromatic rings. The average Bonchev–Trinajstić information content (AvgIpc) is 2.51. The van der Waals surface area contributed by atoms with E-state index in [9.17, 15) is 0 Å². The second-order valence-corrected chi connectivity index (χ2v) is 5.90. The van der Waals surface area contributed by atoms with Crippen molar-refractivity contribution in [1.29, 1.82) is 0 Å². The predicted octanol–water partition coefficient (Wildman–Crippen LogP) is 3.44. The van der Waals surface area contributed by atoms with Gasteiger partial charge in [-0.2, -0.15) is 0 Å². The van der Waals surface area contributed by atoms with Gasteiger partial charge in [0.2, 0.25) is 5.95 Å². The van der Waals surface area contributed by atoms with E-state index in [1.54, 1.807) is 0 Å². The average molecular weight is 297 g/mol. The van der Waals surface area contributed by atoms with Crippen LogP contribution in [0.25, 0.3) is 0 Å². The van der Waals surface area contributed by atoms with Crippen LogP contribution >= 0.6 is 0 Å². The number of nitrogens with zero attached hydrogens (tertiary/aromatic N) is 3. The van der Waals surface area contributed by atoms with Gasteiger partial charge in [0, 0.05) is 24.5 Å². The first-order chi connectivity index (χ1) is 10.7. The third-order valence-electron chi connectivity index (χ3n) is 3.92. The maximum Gasteiger partial charge on any atom is 0.226 e. The maximum atomic E-state index is 5.73. The lowest BCUT2D eigenvalue weighted by atomic mass is 9.99. The number of hydrogen-bond acceptors (Lipinski definition) is 4. The lowest BCUT2D eigenvalue weighted by Crippen LogP contribution is -2.32. The summed E-state index contributed by atoms with van der Waals surface area (Å²) in [6.07, 6.45) is 2.05. The van der Waals surface area contributed by atoms with Gasteiger partial charge in [-0.15, -0.1) is 0 Å². The van der Waals surface area contributed by atoms with E-state index < -0.39 is 0 Å². The molecular weight excluding hydrogens is 274 g/mol. The maximum absolute atomic E-state index is 5.73. The predicted molar refractivity (Wildman–Crippen MR) is 88.5 cm³/mol. The van der Waals surface area contributed by atoms with E-state index >= 15 is 0 Å². The van der Waals surface area contributed by atoms with Crippen molar-refractivity contribution in [1.82, 2.24) is 9.97 Å². The van der Waals surface area contributed by atoms with Gasteiger partial charge in [-0.3, -0.25) is 0 Å². The van der Waals surface area contributed by atoms with Crippen molar-refractivity contribution < 1.29 is 4.74 Å². The zero-order valence-electron chi connectivity index (χ0n) is 13.6. The van der Waals surface area contributed by atoms with Crippen LogP contribution in [0, 0.1) is 13.8 Å². The summed E-state index contributed by atoms with van der Waals surface area (Å²) in [6, 6.07) is 8.44. The van der Waals surface area contributed by atoms with Crippen LogP contribution in [0.1, 0.15) is 35.9 Å². The Kier molecular flexibility index (Phi) is 4.27. The number of aromatic nitrogens is 2. The molecule has 0 saturated heterocycles. The molecule has 1 aromatic heterocycles. The Balaban J connectivity index is 1.79. The molecule has 2 heterocycles. The van der Waals surface area contributed by atoms with Crippen molar-refractivity contribution >= 4 is 5.95 Å². The summed E-state index contributed by atoms with van der Waals surface area (Å²) in [5.74, 6) is 1.83. The van der Waals surface area contributed by atoms with E-state index in [-0.39, 0.29) is 0 Å². The van der Waals surface area contributed by atoms with Gasteiger partial charge in [0.1, 0.15) is 5.75 Å². The highest BCUT2D eigenvalue weighted by atomic mass is 16.5. The van der Waals surface area contributed by atoms with Gasteiger partial charge < -0.3 is 9.64 Å². The van der Waals surface area contributed by atoms with E-state index in [4.69, 9.17) is 4.74 Å². The molecular formula is C18H23N3O. The largest absolute Gasteiger partial charge is 0.494 e. The van der Waals surface area contributed by atoms with Crippen LogP contribution in [0.15, 0.2) is 24.3 Å².